The van der Waals surface area contributed by atoms with Gasteiger partial charge in [-0.3, -0.25) is 0 Å². The Labute approximate surface area is 128 Å². The second-order valence-corrected chi connectivity index (χ2v) is 6.80. The Hall–Kier alpha value is -2.11. The van der Waals surface area contributed by atoms with Crippen molar-refractivity contribution in [3.05, 3.63) is 84.9 Å². The van der Waals surface area contributed by atoms with Crippen molar-refractivity contribution in [1.82, 2.24) is 0 Å². The minimum atomic E-state index is -0.687. The van der Waals surface area contributed by atoms with Crippen LogP contribution in [0.4, 0.5) is 0 Å². The number of benzene rings is 3. The molecule has 0 amide bonds. The molecule has 0 aliphatic heterocycles. The zero-order chi connectivity index (χ0) is 15.2. The molecule has 0 spiro atoms. The first-order chi connectivity index (χ1) is 10.9. The van der Waals surface area contributed by atoms with Crippen molar-refractivity contribution in [2.45, 2.75) is 0 Å². The highest BCUT2D eigenvalue weighted by molar-refractivity contribution is 7.80. The van der Waals surface area contributed by atoms with Gasteiger partial charge in [0.15, 0.2) is 0 Å². The molecule has 0 aliphatic carbocycles. The standard InChI is InChI=1S/C19H17OP/c1-20-18-14-8-9-15-19(18)21(16-10-4-2-5-11-16)17-12-6-3-7-13-17/h2-15H,1H3/i1T. The Kier molecular flexibility index (Phi) is 3.94. The average Bonchev–Trinajstić information content (AvgIpc) is 2.59. The smallest absolute Gasteiger partial charge is 0.127 e. The van der Waals surface area contributed by atoms with Crippen molar-refractivity contribution in [1.29, 1.82) is 0 Å². The Morgan fingerprint density at radius 2 is 1.24 bits per heavy atom. The molecule has 0 aliphatic rings. The van der Waals surface area contributed by atoms with Crippen molar-refractivity contribution in [2.24, 2.45) is 0 Å². The molecule has 3 aromatic rings. The molecule has 0 bridgehead atoms. The van der Waals surface area contributed by atoms with Gasteiger partial charge in [0.25, 0.3) is 0 Å². The van der Waals surface area contributed by atoms with Crippen LogP contribution in [0.5, 0.6) is 5.75 Å². The minimum absolute atomic E-state index is 0.0657. The lowest BCUT2D eigenvalue weighted by Crippen LogP contribution is -2.21. The fourth-order valence-corrected chi connectivity index (χ4v) is 4.73. The number of rotatable bonds is 4. The molecular weight excluding hydrogens is 275 g/mol. The quantitative estimate of drug-likeness (QED) is 0.670. The monoisotopic (exact) mass is 294 g/mol. The SMILES string of the molecule is [3H]COc1ccccc1P(c1ccccc1)c1ccccc1. The minimum Gasteiger partial charge on any atom is -0.496 e. The zero-order valence-electron chi connectivity index (χ0n) is 12.6. The summed E-state index contributed by atoms with van der Waals surface area (Å²) in [6.45, 7) is 0. The molecule has 0 heterocycles. The van der Waals surface area contributed by atoms with Gasteiger partial charge in [-0.05, 0) is 24.6 Å². The van der Waals surface area contributed by atoms with Crippen molar-refractivity contribution in [3.8, 4) is 5.75 Å². The Morgan fingerprint density at radius 1 is 0.714 bits per heavy atom. The van der Waals surface area contributed by atoms with Crippen molar-refractivity contribution < 1.29 is 6.11 Å². The fourth-order valence-electron chi connectivity index (χ4n) is 2.35. The third kappa shape index (κ3) is 2.99. The summed E-state index contributed by atoms with van der Waals surface area (Å²) in [5.74, 6) is 0.802. The Morgan fingerprint density at radius 3 is 1.81 bits per heavy atom. The zero-order valence-corrected chi connectivity index (χ0v) is 12.5. The Balaban J connectivity index is 2.15. The highest BCUT2D eigenvalue weighted by Crippen LogP contribution is 2.36. The number of ether oxygens (including phenoxy) is 1. The first-order valence-electron chi connectivity index (χ1n) is 7.52. The van der Waals surface area contributed by atoms with E-state index < -0.39 is 7.92 Å². The van der Waals surface area contributed by atoms with Gasteiger partial charge < -0.3 is 4.74 Å². The lowest BCUT2D eigenvalue weighted by molar-refractivity contribution is 0.418. The van der Waals surface area contributed by atoms with Crippen molar-refractivity contribution in [2.75, 3.05) is 7.09 Å². The van der Waals surface area contributed by atoms with Crippen LogP contribution in [-0.4, -0.2) is 7.09 Å². The average molecular weight is 294 g/mol. The van der Waals surface area contributed by atoms with E-state index in [9.17, 15) is 0 Å². The maximum Gasteiger partial charge on any atom is 0.127 e. The van der Waals surface area contributed by atoms with Gasteiger partial charge >= 0.3 is 0 Å². The fraction of sp³-hybridized carbons (Fsp3) is 0.0526. The van der Waals surface area contributed by atoms with Crippen LogP contribution < -0.4 is 20.7 Å². The van der Waals surface area contributed by atoms with E-state index >= 15 is 0 Å². The highest BCUT2D eigenvalue weighted by Gasteiger charge is 2.19. The van der Waals surface area contributed by atoms with Crippen LogP contribution in [-0.2, 0) is 0 Å². The molecule has 1 nitrogen and oxygen atoms in total. The summed E-state index contributed by atoms with van der Waals surface area (Å²) >= 11 is 0. The van der Waals surface area contributed by atoms with E-state index in [0.717, 1.165) is 11.1 Å². The lowest BCUT2D eigenvalue weighted by Gasteiger charge is -2.21. The predicted molar refractivity (Wildman–Crippen MR) is 91.7 cm³/mol. The molecule has 2 heteroatoms. The summed E-state index contributed by atoms with van der Waals surface area (Å²) in [6.07, 6.45) is 0. The topological polar surface area (TPSA) is 9.23 Å². The molecule has 0 fully saturated rings. The van der Waals surface area contributed by atoms with Gasteiger partial charge in [-0.15, -0.1) is 0 Å². The summed E-state index contributed by atoms with van der Waals surface area (Å²) in [7, 11) is -0.752. The van der Waals surface area contributed by atoms with Gasteiger partial charge in [-0.2, -0.15) is 0 Å². The molecular formula is C19H17OP. The van der Waals surface area contributed by atoms with E-state index in [1.54, 1.807) is 0 Å². The van der Waals surface area contributed by atoms with Crippen LogP contribution in [0.1, 0.15) is 1.37 Å². The molecule has 3 rings (SSSR count). The van der Waals surface area contributed by atoms with Crippen LogP contribution >= 0.6 is 7.92 Å². The maximum absolute atomic E-state index is 7.37. The molecule has 3 aromatic carbocycles. The van der Waals surface area contributed by atoms with Crippen molar-refractivity contribution in [3.63, 3.8) is 0 Å². The highest BCUT2D eigenvalue weighted by atomic mass is 31.1. The largest absolute Gasteiger partial charge is 0.496 e. The van der Waals surface area contributed by atoms with Gasteiger partial charge in [-0.25, -0.2) is 0 Å². The first-order valence-corrected chi connectivity index (χ1v) is 8.15. The number of hydrogen-bond acceptors (Lipinski definition) is 1. The molecule has 0 saturated carbocycles. The molecule has 0 unspecified atom stereocenters. The van der Waals surface area contributed by atoms with E-state index in [2.05, 4.69) is 54.6 Å². The van der Waals surface area contributed by atoms with Crippen LogP contribution in [0.15, 0.2) is 84.9 Å². The molecule has 104 valence electrons. The van der Waals surface area contributed by atoms with Crippen LogP contribution in [0, 0.1) is 0 Å². The molecule has 0 radical (unpaired) electrons. The second-order valence-electron chi connectivity index (χ2n) is 4.62. The number of methoxy groups -OCH3 is 1. The van der Waals surface area contributed by atoms with E-state index in [-0.39, 0.29) is 7.09 Å². The lowest BCUT2D eigenvalue weighted by atomic mass is 10.3. The van der Waals surface area contributed by atoms with E-state index in [0.29, 0.717) is 0 Å². The molecule has 0 atom stereocenters. The summed E-state index contributed by atoms with van der Waals surface area (Å²) in [4.78, 5) is 0. The van der Waals surface area contributed by atoms with Crippen LogP contribution in [0.2, 0.25) is 0 Å². The predicted octanol–water partition coefficient (Wildman–Crippen LogP) is 3.45. The van der Waals surface area contributed by atoms with Gasteiger partial charge in [0, 0.05) is 5.30 Å². The van der Waals surface area contributed by atoms with Gasteiger partial charge in [-0.1, -0.05) is 78.9 Å². The third-order valence-electron chi connectivity index (χ3n) is 3.29. The summed E-state index contributed by atoms with van der Waals surface area (Å²) in [6, 6.07) is 29.1. The van der Waals surface area contributed by atoms with E-state index in [4.69, 9.17) is 6.11 Å². The normalized spacial score (nSPS) is 11.2. The number of hydrogen-bond donors (Lipinski definition) is 0. The van der Waals surface area contributed by atoms with Crippen LogP contribution in [0.3, 0.4) is 0 Å². The summed E-state index contributed by atoms with van der Waals surface area (Å²) in [5.41, 5.74) is 0. The summed E-state index contributed by atoms with van der Waals surface area (Å²) in [5, 5.41) is 3.72. The van der Waals surface area contributed by atoms with Crippen LogP contribution in [0.25, 0.3) is 0 Å². The van der Waals surface area contributed by atoms with Gasteiger partial charge in [0.05, 0.1) is 8.46 Å². The molecule has 21 heavy (non-hydrogen) atoms. The summed E-state index contributed by atoms with van der Waals surface area (Å²) < 4.78 is 12.9. The first kappa shape index (κ1) is 12.6. The van der Waals surface area contributed by atoms with Gasteiger partial charge in [0.1, 0.15) is 5.75 Å². The third-order valence-corrected chi connectivity index (χ3v) is 5.77. The van der Waals surface area contributed by atoms with E-state index in [1.165, 1.54) is 10.6 Å². The number of para-hydroxylation sites is 1. The second kappa shape index (κ2) is 6.56. The molecule has 0 N–H and O–H groups in total. The molecule has 0 aromatic heterocycles. The Bertz CT molecular complexity index is 676. The van der Waals surface area contributed by atoms with Gasteiger partial charge in [0.2, 0.25) is 0 Å². The van der Waals surface area contributed by atoms with Crippen molar-refractivity contribution >= 4 is 23.8 Å². The maximum atomic E-state index is 7.37. The molecule has 0 saturated heterocycles. The van der Waals surface area contributed by atoms with E-state index in [1.807, 2.05) is 30.3 Å².